The van der Waals surface area contributed by atoms with E-state index in [1.165, 1.54) is 19.4 Å². The van der Waals surface area contributed by atoms with E-state index in [1.54, 1.807) is 0 Å². The van der Waals surface area contributed by atoms with Gasteiger partial charge in [-0.05, 0) is 0 Å². The third-order valence-electron chi connectivity index (χ3n) is 1.54. The van der Waals surface area contributed by atoms with Crippen LogP contribution in [0.25, 0.3) is 0 Å². The fourth-order valence-corrected chi connectivity index (χ4v) is 1.15. The number of ether oxygens (including phenoxy) is 1. The maximum atomic E-state index is 11.3. The highest BCUT2D eigenvalue weighted by Crippen LogP contribution is 2.32. The summed E-state index contributed by atoms with van der Waals surface area (Å²) in [6, 6.07) is 1.40. The fraction of sp³-hybridized carbons (Fsp3) is 0.429. The Balaban J connectivity index is 2.70. The Labute approximate surface area is 96.1 Å². The standard InChI is InChI=1S/C7H12N3O6P/c1-15-4-8-6-2-3-10(7(11)9-6)16-5-17(12,13)14/h2-3H,4-5H2,1H3,(H,8,9,11)(H2,12,13,14). The molecule has 17 heavy (non-hydrogen) atoms. The van der Waals surface area contributed by atoms with Crippen LogP contribution < -0.4 is 15.8 Å². The molecule has 10 heteroatoms. The van der Waals surface area contributed by atoms with Crippen molar-refractivity contribution in [2.75, 3.05) is 25.5 Å². The van der Waals surface area contributed by atoms with E-state index in [9.17, 15) is 9.36 Å². The smallest absolute Gasteiger partial charge is 0.382 e. The zero-order valence-electron chi connectivity index (χ0n) is 8.94. The second-order valence-corrected chi connectivity index (χ2v) is 4.54. The maximum Gasteiger partial charge on any atom is 0.382 e. The molecule has 0 unspecified atom stereocenters. The van der Waals surface area contributed by atoms with Crippen molar-refractivity contribution in [3.63, 3.8) is 0 Å². The Morgan fingerprint density at radius 2 is 2.29 bits per heavy atom. The van der Waals surface area contributed by atoms with Crippen LogP contribution in [-0.4, -0.2) is 39.7 Å². The first-order valence-corrected chi connectivity index (χ1v) is 6.22. The molecule has 0 aliphatic heterocycles. The maximum absolute atomic E-state index is 11.3. The fourth-order valence-electron chi connectivity index (χ4n) is 0.872. The molecule has 1 rings (SSSR count). The number of aromatic nitrogens is 2. The molecule has 0 amide bonds. The van der Waals surface area contributed by atoms with E-state index in [4.69, 9.17) is 14.5 Å². The Morgan fingerprint density at radius 3 is 2.82 bits per heavy atom. The molecule has 0 aromatic carbocycles. The van der Waals surface area contributed by atoms with Gasteiger partial charge in [-0.1, -0.05) is 0 Å². The van der Waals surface area contributed by atoms with Crippen LogP contribution in [0.3, 0.4) is 0 Å². The van der Waals surface area contributed by atoms with Crippen LogP contribution in [0.2, 0.25) is 0 Å². The second kappa shape index (κ2) is 5.78. The van der Waals surface area contributed by atoms with Gasteiger partial charge in [0.15, 0.2) is 0 Å². The summed E-state index contributed by atoms with van der Waals surface area (Å²) in [5.74, 6) is 0.271. The quantitative estimate of drug-likeness (QED) is 0.434. The Morgan fingerprint density at radius 1 is 1.59 bits per heavy atom. The van der Waals surface area contributed by atoms with Gasteiger partial charge in [-0.2, -0.15) is 4.98 Å². The monoisotopic (exact) mass is 265 g/mol. The van der Waals surface area contributed by atoms with Crippen LogP contribution in [-0.2, 0) is 9.30 Å². The van der Waals surface area contributed by atoms with Crippen LogP contribution >= 0.6 is 7.60 Å². The van der Waals surface area contributed by atoms with Gasteiger partial charge in [0.05, 0.1) is 6.20 Å². The highest BCUT2D eigenvalue weighted by Gasteiger charge is 2.14. The molecule has 96 valence electrons. The summed E-state index contributed by atoms with van der Waals surface area (Å²) in [5, 5.41) is 2.68. The summed E-state index contributed by atoms with van der Waals surface area (Å²) in [7, 11) is -2.86. The van der Waals surface area contributed by atoms with Crippen LogP contribution in [0.5, 0.6) is 0 Å². The zero-order chi connectivity index (χ0) is 12.9. The minimum Gasteiger partial charge on any atom is -0.397 e. The lowest BCUT2D eigenvalue weighted by Gasteiger charge is -2.09. The molecule has 0 saturated carbocycles. The van der Waals surface area contributed by atoms with Gasteiger partial charge in [-0.15, -0.1) is 4.73 Å². The van der Waals surface area contributed by atoms with Gasteiger partial charge >= 0.3 is 13.3 Å². The third kappa shape index (κ3) is 4.96. The molecule has 0 spiro atoms. The van der Waals surface area contributed by atoms with Crippen molar-refractivity contribution < 1.29 is 23.9 Å². The second-order valence-electron chi connectivity index (χ2n) is 2.95. The minimum atomic E-state index is -4.33. The Bertz CT molecular complexity index is 469. The lowest BCUT2D eigenvalue weighted by molar-refractivity contribution is 0.120. The molecule has 1 aromatic rings. The van der Waals surface area contributed by atoms with E-state index in [0.717, 1.165) is 0 Å². The Hall–Kier alpha value is -1.41. The number of nitrogens with one attached hydrogen (secondary N) is 1. The summed E-state index contributed by atoms with van der Waals surface area (Å²) in [5.41, 5.74) is -0.792. The van der Waals surface area contributed by atoms with Crippen LogP contribution in [0, 0.1) is 0 Å². The lowest BCUT2D eigenvalue weighted by Crippen LogP contribution is -2.29. The van der Waals surface area contributed by atoms with E-state index < -0.39 is 19.6 Å². The van der Waals surface area contributed by atoms with Gasteiger partial charge in [0.1, 0.15) is 12.5 Å². The number of anilines is 1. The number of hydrogen-bond acceptors (Lipinski definition) is 6. The molecule has 0 atom stereocenters. The van der Waals surface area contributed by atoms with E-state index >= 15 is 0 Å². The molecule has 1 heterocycles. The molecule has 0 bridgehead atoms. The SMILES string of the molecule is COCNc1ccn(OCP(=O)(O)O)c(=O)n1. The molecule has 0 aliphatic rings. The molecular formula is C7H12N3O6P. The van der Waals surface area contributed by atoms with Crippen molar-refractivity contribution in [3.8, 4) is 0 Å². The average molecular weight is 265 g/mol. The number of nitrogens with zero attached hydrogens (tertiary/aromatic N) is 2. The number of rotatable bonds is 6. The largest absolute Gasteiger partial charge is 0.397 e. The van der Waals surface area contributed by atoms with Crippen molar-refractivity contribution >= 4 is 13.4 Å². The van der Waals surface area contributed by atoms with Crippen LogP contribution in [0.15, 0.2) is 17.1 Å². The van der Waals surface area contributed by atoms with Gasteiger partial charge < -0.3 is 24.7 Å². The predicted octanol–water partition coefficient (Wildman–Crippen LogP) is -1.18. The highest BCUT2D eigenvalue weighted by molar-refractivity contribution is 7.51. The van der Waals surface area contributed by atoms with Crippen molar-refractivity contribution in [2.24, 2.45) is 0 Å². The minimum absolute atomic E-state index is 0.180. The van der Waals surface area contributed by atoms with Crippen molar-refractivity contribution in [1.82, 2.24) is 9.71 Å². The molecule has 0 saturated heterocycles. The summed E-state index contributed by atoms with van der Waals surface area (Å²) in [6.07, 6.45) is 0.308. The molecule has 0 aliphatic carbocycles. The van der Waals surface area contributed by atoms with Crippen molar-refractivity contribution in [2.45, 2.75) is 0 Å². The number of hydrogen-bond donors (Lipinski definition) is 3. The molecule has 1 aromatic heterocycles. The van der Waals surface area contributed by atoms with Crippen molar-refractivity contribution in [1.29, 1.82) is 0 Å². The highest BCUT2D eigenvalue weighted by atomic mass is 31.2. The van der Waals surface area contributed by atoms with Crippen molar-refractivity contribution in [3.05, 3.63) is 22.7 Å². The molecule has 9 nitrogen and oxygen atoms in total. The van der Waals surface area contributed by atoms with Gasteiger partial charge in [-0.25, -0.2) is 4.79 Å². The van der Waals surface area contributed by atoms with Gasteiger partial charge in [-0.3, -0.25) is 4.57 Å². The molecular weight excluding hydrogens is 253 g/mol. The number of methoxy groups -OCH3 is 1. The summed E-state index contributed by atoms with van der Waals surface area (Å²) in [6.45, 7) is 0.180. The first-order valence-electron chi connectivity index (χ1n) is 4.43. The third-order valence-corrected chi connectivity index (χ3v) is 1.99. The van der Waals surface area contributed by atoms with E-state index in [0.29, 0.717) is 4.73 Å². The summed E-state index contributed by atoms with van der Waals surface area (Å²) >= 11 is 0. The van der Waals surface area contributed by atoms with Crippen LogP contribution in [0.1, 0.15) is 0 Å². The first-order chi connectivity index (χ1) is 7.92. The van der Waals surface area contributed by atoms with E-state index in [1.807, 2.05) is 0 Å². The summed E-state index contributed by atoms with van der Waals surface area (Å²) in [4.78, 5) is 36.6. The van der Waals surface area contributed by atoms with Gasteiger partial charge in [0.25, 0.3) is 0 Å². The van der Waals surface area contributed by atoms with Gasteiger partial charge in [0.2, 0.25) is 6.35 Å². The van der Waals surface area contributed by atoms with E-state index in [2.05, 4.69) is 15.1 Å². The molecule has 0 fully saturated rings. The average Bonchev–Trinajstić information content (AvgIpc) is 2.23. The first kappa shape index (κ1) is 13.7. The lowest BCUT2D eigenvalue weighted by atomic mass is 10.6. The molecule has 3 N–H and O–H groups in total. The topological polar surface area (TPSA) is 123 Å². The zero-order valence-corrected chi connectivity index (χ0v) is 9.83. The summed E-state index contributed by atoms with van der Waals surface area (Å²) < 4.78 is 15.9. The molecule has 0 radical (unpaired) electrons. The predicted molar refractivity (Wildman–Crippen MR) is 57.5 cm³/mol. The van der Waals surface area contributed by atoms with Crippen LogP contribution in [0.4, 0.5) is 5.82 Å². The Kier molecular flexibility index (Phi) is 4.64. The van der Waals surface area contributed by atoms with E-state index in [-0.39, 0.29) is 12.5 Å². The normalized spacial score (nSPS) is 11.2. The van der Waals surface area contributed by atoms with Gasteiger partial charge in [0, 0.05) is 13.2 Å².